The first-order valence-electron chi connectivity index (χ1n) is 9.12. The van der Waals surface area contributed by atoms with E-state index in [4.69, 9.17) is 0 Å². The molecule has 1 amide bonds. The van der Waals surface area contributed by atoms with E-state index in [0.29, 0.717) is 5.16 Å². The number of carbonyl (C=O) groups excluding carboxylic acids is 1. The van der Waals surface area contributed by atoms with Crippen molar-refractivity contribution in [1.29, 1.82) is 5.26 Å². The second-order valence-electron chi connectivity index (χ2n) is 6.73. The van der Waals surface area contributed by atoms with Crippen molar-refractivity contribution in [2.75, 3.05) is 5.75 Å². The number of amides is 1. The standard InChI is InChI=1S/C21H19N5OS/c22-15-21(12-7-13-21)23-18(27)14-28-20-25-24-19(16-8-3-1-4-9-16)26(20)17-10-5-2-6-11-17/h1-6,8-11H,7,12-14H2,(H,23,27). The molecule has 1 aromatic heterocycles. The maximum absolute atomic E-state index is 12.4. The molecule has 0 atom stereocenters. The Balaban J connectivity index is 1.58. The van der Waals surface area contributed by atoms with E-state index < -0.39 is 5.54 Å². The van der Waals surface area contributed by atoms with Crippen LogP contribution in [0.15, 0.2) is 65.8 Å². The third-order valence-corrected chi connectivity index (χ3v) is 5.74. The summed E-state index contributed by atoms with van der Waals surface area (Å²) in [6.45, 7) is 0. The van der Waals surface area contributed by atoms with Gasteiger partial charge in [-0.05, 0) is 31.4 Å². The Hall–Kier alpha value is -3.11. The lowest BCUT2D eigenvalue weighted by Crippen LogP contribution is -2.52. The zero-order valence-corrected chi connectivity index (χ0v) is 16.0. The predicted octanol–water partition coefficient (Wildman–Crippen LogP) is 3.59. The highest BCUT2D eigenvalue weighted by Crippen LogP contribution is 2.32. The number of nitrogens with zero attached hydrogens (tertiary/aromatic N) is 4. The zero-order valence-electron chi connectivity index (χ0n) is 15.2. The van der Waals surface area contributed by atoms with E-state index >= 15 is 0 Å². The maximum Gasteiger partial charge on any atom is 0.231 e. The molecule has 1 N–H and O–H groups in total. The molecule has 0 aliphatic heterocycles. The van der Waals surface area contributed by atoms with E-state index in [2.05, 4.69) is 21.6 Å². The Morgan fingerprint density at radius 3 is 2.39 bits per heavy atom. The Bertz CT molecular complexity index is 1010. The van der Waals surface area contributed by atoms with Gasteiger partial charge in [-0.25, -0.2) is 0 Å². The fourth-order valence-corrected chi connectivity index (χ4v) is 3.93. The fourth-order valence-electron chi connectivity index (χ4n) is 3.18. The molecule has 4 rings (SSSR count). The monoisotopic (exact) mass is 389 g/mol. The number of carbonyl (C=O) groups is 1. The molecule has 0 saturated heterocycles. The van der Waals surface area contributed by atoms with E-state index in [0.717, 1.165) is 36.3 Å². The fraction of sp³-hybridized carbons (Fsp3) is 0.238. The van der Waals surface area contributed by atoms with Gasteiger partial charge in [-0.3, -0.25) is 9.36 Å². The second kappa shape index (κ2) is 7.87. The van der Waals surface area contributed by atoms with Gasteiger partial charge in [0, 0.05) is 11.3 Å². The molecule has 140 valence electrons. The minimum Gasteiger partial charge on any atom is -0.337 e. The lowest BCUT2D eigenvalue weighted by Gasteiger charge is -2.35. The van der Waals surface area contributed by atoms with Crippen molar-refractivity contribution in [3.63, 3.8) is 0 Å². The molecule has 0 bridgehead atoms. The largest absolute Gasteiger partial charge is 0.337 e. The van der Waals surface area contributed by atoms with Crippen LogP contribution in [-0.2, 0) is 4.79 Å². The van der Waals surface area contributed by atoms with Crippen molar-refractivity contribution in [2.24, 2.45) is 0 Å². The van der Waals surface area contributed by atoms with E-state index in [-0.39, 0.29) is 11.7 Å². The highest BCUT2D eigenvalue weighted by molar-refractivity contribution is 7.99. The van der Waals surface area contributed by atoms with E-state index in [1.165, 1.54) is 11.8 Å². The van der Waals surface area contributed by atoms with Crippen LogP contribution in [0, 0.1) is 11.3 Å². The van der Waals surface area contributed by atoms with Gasteiger partial charge in [-0.15, -0.1) is 10.2 Å². The van der Waals surface area contributed by atoms with Crippen molar-refractivity contribution in [1.82, 2.24) is 20.1 Å². The van der Waals surface area contributed by atoms with Crippen LogP contribution in [0.5, 0.6) is 0 Å². The summed E-state index contributed by atoms with van der Waals surface area (Å²) in [6, 6.07) is 21.9. The summed E-state index contributed by atoms with van der Waals surface area (Å²) in [5, 5.41) is 21.5. The molecule has 2 aromatic carbocycles. The summed E-state index contributed by atoms with van der Waals surface area (Å²) in [5.74, 6) is 0.751. The molecule has 1 heterocycles. The second-order valence-corrected chi connectivity index (χ2v) is 7.67. The molecule has 1 aliphatic rings. The number of nitrogens with one attached hydrogen (secondary N) is 1. The molecule has 1 saturated carbocycles. The van der Waals surface area contributed by atoms with Gasteiger partial charge in [0.05, 0.1) is 11.8 Å². The molecule has 7 heteroatoms. The molecule has 0 unspecified atom stereocenters. The van der Waals surface area contributed by atoms with E-state index in [1.807, 2.05) is 65.2 Å². The number of rotatable bonds is 6. The summed E-state index contributed by atoms with van der Waals surface area (Å²) in [7, 11) is 0. The highest BCUT2D eigenvalue weighted by Gasteiger charge is 2.38. The molecule has 28 heavy (non-hydrogen) atoms. The number of aromatic nitrogens is 3. The number of hydrogen-bond acceptors (Lipinski definition) is 5. The van der Waals surface area contributed by atoms with Gasteiger partial charge in [-0.2, -0.15) is 5.26 Å². The molecule has 6 nitrogen and oxygen atoms in total. The summed E-state index contributed by atoms with van der Waals surface area (Å²) >= 11 is 1.32. The first-order chi connectivity index (χ1) is 13.7. The van der Waals surface area contributed by atoms with Crippen LogP contribution in [0.4, 0.5) is 0 Å². The summed E-state index contributed by atoms with van der Waals surface area (Å²) < 4.78 is 1.96. The number of nitriles is 1. The highest BCUT2D eigenvalue weighted by atomic mass is 32.2. The molecule has 3 aromatic rings. The Labute approximate surface area is 167 Å². The normalized spacial score (nSPS) is 14.7. The van der Waals surface area contributed by atoms with Gasteiger partial charge in [0.2, 0.25) is 5.91 Å². The smallest absolute Gasteiger partial charge is 0.231 e. The first kappa shape index (κ1) is 18.3. The summed E-state index contributed by atoms with van der Waals surface area (Å²) in [5.41, 5.74) is 1.20. The molecular formula is C21H19N5OS. The van der Waals surface area contributed by atoms with Crippen LogP contribution < -0.4 is 5.32 Å². The SMILES string of the molecule is N#CC1(NC(=O)CSc2nnc(-c3ccccc3)n2-c2ccccc2)CCC1. The van der Waals surface area contributed by atoms with E-state index in [1.54, 1.807) is 0 Å². The molecule has 1 aliphatic carbocycles. The lowest BCUT2D eigenvalue weighted by molar-refractivity contribution is -0.120. The van der Waals surface area contributed by atoms with Gasteiger partial charge in [0.15, 0.2) is 11.0 Å². The lowest BCUT2D eigenvalue weighted by atomic mass is 9.78. The number of thioether (sulfide) groups is 1. The quantitative estimate of drug-likeness (QED) is 0.652. The molecular weight excluding hydrogens is 370 g/mol. The van der Waals surface area contributed by atoms with Crippen LogP contribution >= 0.6 is 11.8 Å². The van der Waals surface area contributed by atoms with Crippen molar-refractivity contribution in [2.45, 2.75) is 30.0 Å². The van der Waals surface area contributed by atoms with Crippen LogP contribution in [0.2, 0.25) is 0 Å². The molecule has 0 spiro atoms. The molecule has 1 fully saturated rings. The first-order valence-corrected chi connectivity index (χ1v) is 10.1. The van der Waals surface area contributed by atoms with Gasteiger partial charge in [-0.1, -0.05) is 60.3 Å². The maximum atomic E-state index is 12.4. The van der Waals surface area contributed by atoms with Crippen molar-refractivity contribution >= 4 is 17.7 Å². The van der Waals surface area contributed by atoms with Crippen LogP contribution in [0.25, 0.3) is 17.1 Å². The number of benzene rings is 2. The van der Waals surface area contributed by atoms with Crippen molar-refractivity contribution < 1.29 is 4.79 Å². The predicted molar refractivity (Wildman–Crippen MR) is 108 cm³/mol. The molecule has 0 radical (unpaired) electrons. The minimum atomic E-state index is -0.681. The van der Waals surface area contributed by atoms with Crippen molar-refractivity contribution in [3.8, 4) is 23.1 Å². The van der Waals surface area contributed by atoms with E-state index in [9.17, 15) is 10.1 Å². The minimum absolute atomic E-state index is 0.157. The third-order valence-electron chi connectivity index (χ3n) is 4.81. The third kappa shape index (κ3) is 3.64. The van der Waals surface area contributed by atoms with Crippen LogP contribution in [0.3, 0.4) is 0 Å². The van der Waals surface area contributed by atoms with Gasteiger partial charge < -0.3 is 5.32 Å². The Morgan fingerprint density at radius 2 is 1.79 bits per heavy atom. The van der Waals surface area contributed by atoms with Crippen molar-refractivity contribution in [3.05, 3.63) is 60.7 Å². The van der Waals surface area contributed by atoms with Crippen LogP contribution in [-0.4, -0.2) is 32.0 Å². The van der Waals surface area contributed by atoms with Gasteiger partial charge >= 0.3 is 0 Å². The van der Waals surface area contributed by atoms with Gasteiger partial charge in [0.1, 0.15) is 5.54 Å². The van der Waals surface area contributed by atoms with Crippen LogP contribution in [0.1, 0.15) is 19.3 Å². The number of para-hydroxylation sites is 1. The zero-order chi connectivity index (χ0) is 19.4. The average molecular weight is 389 g/mol. The Kier molecular flexibility index (Phi) is 5.13. The summed E-state index contributed by atoms with van der Waals surface area (Å²) in [4.78, 5) is 12.4. The topological polar surface area (TPSA) is 83.6 Å². The number of hydrogen-bond donors (Lipinski definition) is 1. The van der Waals surface area contributed by atoms with Gasteiger partial charge in [0.25, 0.3) is 0 Å². The Morgan fingerprint density at radius 1 is 1.11 bits per heavy atom. The summed E-state index contributed by atoms with van der Waals surface area (Å²) in [6.07, 6.45) is 2.42. The average Bonchev–Trinajstić information content (AvgIpc) is 3.14.